The summed E-state index contributed by atoms with van der Waals surface area (Å²) in [6, 6.07) is 0. The van der Waals surface area contributed by atoms with Gasteiger partial charge < -0.3 is 52.4 Å². The number of halogens is 2. The standard InChI is InChI=1S/C33H70N2O3.2BrH/c1-7-9-11-13-15-17-19-21-23-25-27-34(3,4)29-31-37-33(36)38-32-30-35(5,6)28-26-24-22-20-18-16-14-12-10-8-2;;/h7-32H2,1-6H3;2*1H/q+2;;/p-2. The molecule has 0 aromatic heterocycles. The third-order valence-corrected chi connectivity index (χ3v) is 8.07. The van der Waals surface area contributed by atoms with Crippen LogP contribution in [0, 0.1) is 0 Å². The Hall–Kier alpha value is 0.150. The van der Waals surface area contributed by atoms with Gasteiger partial charge in [-0.3, -0.25) is 0 Å². The number of carbonyl (C=O) groups excluding carboxylic acids is 1. The molecule has 0 aliphatic rings. The molecule has 0 aromatic carbocycles. The number of quaternary nitrogens is 2. The number of rotatable bonds is 28. The first-order valence-electron chi connectivity index (χ1n) is 16.7. The molecule has 0 aliphatic carbocycles. The Labute approximate surface area is 272 Å². The molecule has 0 fully saturated rings. The zero-order valence-corrected chi connectivity index (χ0v) is 30.9. The van der Waals surface area contributed by atoms with E-state index in [0.29, 0.717) is 13.2 Å². The first-order chi connectivity index (χ1) is 18.2. The first kappa shape index (κ1) is 44.6. The molecule has 5 nitrogen and oxygen atoms in total. The average molecular weight is 703 g/mol. The molecular formula is C33H70Br2N2O3. The molecule has 0 rings (SSSR count). The molecule has 0 unspecified atom stereocenters. The van der Waals surface area contributed by atoms with E-state index in [0.717, 1.165) is 35.1 Å². The van der Waals surface area contributed by atoms with Crippen LogP contribution in [0.1, 0.15) is 142 Å². The lowest BCUT2D eigenvalue weighted by Crippen LogP contribution is -3.00. The van der Waals surface area contributed by atoms with Gasteiger partial charge in [0, 0.05) is 0 Å². The zero-order valence-electron chi connectivity index (χ0n) is 27.8. The number of nitrogens with zero attached hydrogens (tertiary/aromatic N) is 2. The molecule has 0 saturated carbocycles. The smallest absolute Gasteiger partial charge is 0.508 e. The van der Waals surface area contributed by atoms with Gasteiger partial charge >= 0.3 is 6.16 Å². The van der Waals surface area contributed by atoms with Crippen LogP contribution < -0.4 is 34.0 Å². The topological polar surface area (TPSA) is 35.5 Å². The lowest BCUT2D eigenvalue weighted by molar-refractivity contribution is -0.891. The maximum atomic E-state index is 12.0. The second-order valence-corrected chi connectivity index (χ2v) is 13.1. The lowest BCUT2D eigenvalue weighted by atomic mass is 10.1. The predicted octanol–water partition coefficient (Wildman–Crippen LogP) is 3.14. The molecule has 0 aromatic rings. The van der Waals surface area contributed by atoms with E-state index >= 15 is 0 Å². The molecule has 40 heavy (non-hydrogen) atoms. The highest BCUT2D eigenvalue weighted by Gasteiger charge is 2.18. The maximum Gasteiger partial charge on any atom is 0.508 e. The molecule has 0 bridgehead atoms. The summed E-state index contributed by atoms with van der Waals surface area (Å²) < 4.78 is 12.5. The molecule has 0 N–H and O–H groups in total. The van der Waals surface area contributed by atoms with E-state index < -0.39 is 6.16 Å². The Morgan fingerprint density at radius 2 is 0.675 bits per heavy atom. The average Bonchev–Trinajstić information content (AvgIpc) is 2.86. The highest BCUT2D eigenvalue weighted by atomic mass is 79.9. The Morgan fingerprint density at radius 3 is 0.950 bits per heavy atom. The summed E-state index contributed by atoms with van der Waals surface area (Å²) in [4.78, 5) is 12.0. The van der Waals surface area contributed by atoms with Gasteiger partial charge in [0.15, 0.2) is 0 Å². The number of likely N-dealkylation sites (N-methyl/N-ethyl adjacent to an activating group) is 2. The van der Waals surface area contributed by atoms with Crippen LogP contribution in [0.4, 0.5) is 4.79 Å². The van der Waals surface area contributed by atoms with Crippen molar-refractivity contribution < 1.29 is 57.2 Å². The summed E-state index contributed by atoms with van der Waals surface area (Å²) in [6.07, 6.45) is 26.8. The van der Waals surface area contributed by atoms with Gasteiger partial charge in [0.2, 0.25) is 0 Å². The van der Waals surface area contributed by atoms with E-state index in [1.54, 1.807) is 0 Å². The number of unbranched alkanes of at least 4 members (excludes halogenated alkanes) is 18. The van der Waals surface area contributed by atoms with Crippen molar-refractivity contribution >= 4 is 6.16 Å². The fourth-order valence-electron chi connectivity index (χ4n) is 5.07. The molecular weight excluding hydrogens is 632 g/mol. The van der Waals surface area contributed by atoms with Gasteiger partial charge in [0.05, 0.1) is 41.3 Å². The first-order valence-corrected chi connectivity index (χ1v) is 16.7. The summed E-state index contributed by atoms with van der Waals surface area (Å²) in [6.45, 7) is 9.37. The Morgan fingerprint density at radius 1 is 0.425 bits per heavy atom. The number of hydrogen-bond acceptors (Lipinski definition) is 3. The largest absolute Gasteiger partial charge is 1.00 e. The second-order valence-electron chi connectivity index (χ2n) is 13.1. The van der Waals surface area contributed by atoms with Crippen molar-refractivity contribution in [3.63, 3.8) is 0 Å². The summed E-state index contributed by atoms with van der Waals surface area (Å²) in [7, 11) is 8.93. The second kappa shape index (κ2) is 30.6. The van der Waals surface area contributed by atoms with Gasteiger partial charge in [-0.1, -0.05) is 117 Å². The maximum absolute atomic E-state index is 12.0. The predicted molar refractivity (Wildman–Crippen MR) is 165 cm³/mol. The van der Waals surface area contributed by atoms with Gasteiger partial charge in [-0.15, -0.1) is 0 Å². The molecule has 7 heteroatoms. The minimum absolute atomic E-state index is 0. The van der Waals surface area contributed by atoms with E-state index in [-0.39, 0.29) is 34.0 Å². The fourth-order valence-corrected chi connectivity index (χ4v) is 5.07. The van der Waals surface area contributed by atoms with E-state index in [4.69, 9.17) is 9.47 Å². The summed E-state index contributed by atoms with van der Waals surface area (Å²) in [5, 5.41) is 0. The molecule has 0 aliphatic heterocycles. The van der Waals surface area contributed by atoms with Gasteiger partial charge in [-0.25, -0.2) is 4.79 Å². The fraction of sp³-hybridized carbons (Fsp3) is 0.970. The highest BCUT2D eigenvalue weighted by Crippen LogP contribution is 2.13. The zero-order chi connectivity index (χ0) is 28.4. The quantitative estimate of drug-likeness (QED) is 0.0715. The minimum atomic E-state index is -0.511. The van der Waals surface area contributed by atoms with Crippen molar-refractivity contribution in [3.8, 4) is 0 Å². The summed E-state index contributed by atoms with van der Waals surface area (Å²) in [5.74, 6) is 0. The highest BCUT2D eigenvalue weighted by molar-refractivity contribution is 5.59. The van der Waals surface area contributed by atoms with Crippen molar-refractivity contribution in [1.29, 1.82) is 0 Å². The summed E-state index contributed by atoms with van der Waals surface area (Å²) in [5.41, 5.74) is 0. The van der Waals surface area contributed by atoms with Crippen molar-refractivity contribution in [2.24, 2.45) is 0 Å². The van der Waals surface area contributed by atoms with E-state index in [2.05, 4.69) is 42.0 Å². The van der Waals surface area contributed by atoms with Crippen LogP contribution in [-0.2, 0) is 9.47 Å². The van der Waals surface area contributed by atoms with Gasteiger partial charge in [0.25, 0.3) is 0 Å². The Balaban J connectivity index is -0.00000684. The Kier molecular flexibility index (Phi) is 34.1. The normalized spacial score (nSPS) is 11.6. The van der Waals surface area contributed by atoms with E-state index in [9.17, 15) is 4.79 Å². The molecule has 0 spiro atoms. The molecule has 0 atom stereocenters. The van der Waals surface area contributed by atoms with Crippen LogP contribution in [-0.4, -0.2) is 82.7 Å². The third-order valence-electron chi connectivity index (χ3n) is 8.07. The van der Waals surface area contributed by atoms with Crippen LogP contribution in [0.15, 0.2) is 0 Å². The summed E-state index contributed by atoms with van der Waals surface area (Å²) >= 11 is 0. The number of carbonyl (C=O) groups is 1. The van der Waals surface area contributed by atoms with Gasteiger partial charge in [-0.05, 0) is 25.7 Å². The number of ether oxygens (including phenoxy) is 2. The third kappa shape index (κ3) is 32.7. The molecule has 0 radical (unpaired) electrons. The van der Waals surface area contributed by atoms with Crippen LogP contribution in [0.25, 0.3) is 0 Å². The lowest BCUT2D eigenvalue weighted by Gasteiger charge is -2.30. The van der Waals surface area contributed by atoms with Crippen molar-refractivity contribution in [1.82, 2.24) is 0 Å². The van der Waals surface area contributed by atoms with Crippen molar-refractivity contribution in [2.45, 2.75) is 142 Å². The van der Waals surface area contributed by atoms with Crippen LogP contribution in [0.5, 0.6) is 0 Å². The van der Waals surface area contributed by atoms with Crippen molar-refractivity contribution in [2.75, 3.05) is 67.6 Å². The molecule has 244 valence electrons. The SMILES string of the molecule is CCCCCCCCCCCC[N+](C)(C)CCOC(=O)OCC[N+](C)(C)CCCCCCCCCCCC.[Br-].[Br-]. The van der Waals surface area contributed by atoms with Crippen LogP contribution >= 0.6 is 0 Å². The molecule has 0 amide bonds. The van der Waals surface area contributed by atoms with Gasteiger partial charge in [-0.2, -0.15) is 0 Å². The van der Waals surface area contributed by atoms with Crippen LogP contribution in [0.3, 0.4) is 0 Å². The van der Waals surface area contributed by atoms with Crippen molar-refractivity contribution in [3.05, 3.63) is 0 Å². The number of hydrogen-bond donors (Lipinski definition) is 0. The van der Waals surface area contributed by atoms with E-state index in [1.807, 2.05) is 0 Å². The van der Waals surface area contributed by atoms with Crippen LogP contribution in [0.2, 0.25) is 0 Å². The monoisotopic (exact) mass is 700 g/mol. The minimum Gasteiger partial charge on any atom is -1.00 e. The molecule has 0 saturated heterocycles. The van der Waals surface area contributed by atoms with E-state index in [1.165, 1.54) is 128 Å². The molecule has 0 heterocycles. The Bertz CT molecular complexity index is 490. The van der Waals surface area contributed by atoms with Gasteiger partial charge in [0.1, 0.15) is 26.3 Å².